The molecule has 0 aliphatic rings. The van der Waals surface area contributed by atoms with Crippen LogP contribution in [0.5, 0.6) is 0 Å². The number of halogens is 2. The first-order valence-electron chi connectivity index (χ1n) is 12.8. The summed E-state index contributed by atoms with van der Waals surface area (Å²) in [5.41, 5.74) is 1.10. The van der Waals surface area contributed by atoms with Crippen LogP contribution in [0.2, 0.25) is 5.02 Å². The van der Waals surface area contributed by atoms with Gasteiger partial charge >= 0.3 is 0 Å². The Kier molecular flexibility index (Phi) is 11.4. The minimum atomic E-state index is -4.10. The highest BCUT2D eigenvalue weighted by Gasteiger charge is 2.33. The van der Waals surface area contributed by atoms with Crippen molar-refractivity contribution < 1.29 is 18.0 Å². The van der Waals surface area contributed by atoms with Gasteiger partial charge in [-0.3, -0.25) is 13.9 Å². The van der Waals surface area contributed by atoms with Gasteiger partial charge in [-0.1, -0.05) is 84.2 Å². The van der Waals surface area contributed by atoms with Gasteiger partial charge in [0, 0.05) is 22.6 Å². The molecule has 3 aromatic rings. The molecule has 208 valence electrons. The van der Waals surface area contributed by atoms with Crippen LogP contribution in [0.3, 0.4) is 0 Å². The molecule has 0 saturated carbocycles. The molecule has 7 nitrogen and oxygen atoms in total. The Bertz CT molecular complexity index is 1350. The second kappa shape index (κ2) is 14.5. The van der Waals surface area contributed by atoms with Crippen molar-refractivity contribution in [1.82, 2.24) is 10.2 Å². The molecule has 0 radical (unpaired) electrons. The highest BCUT2D eigenvalue weighted by molar-refractivity contribution is 9.10. The van der Waals surface area contributed by atoms with Crippen LogP contribution in [0, 0.1) is 0 Å². The summed E-state index contributed by atoms with van der Waals surface area (Å²) < 4.78 is 29.3. The summed E-state index contributed by atoms with van der Waals surface area (Å²) in [6, 6.07) is 21.0. The summed E-state index contributed by atoms with van der Waals surface area (Å²) >= 11 is 9.46. The largest absolute Gasteiger partial charge is 0.354 e. The van der Waals surface area contributed by atoms with Gasteiger partial charge in [0.05, 0.1) is 10.6 Å². The van der Waals surface area contributed by atoms with Crippen molar-refractivity contribution in [2.45, 2.75) is 50.6 Å². The predicted octanol–water partition coefficient (Wildman–Crippen LogP) is 6.02. The number of unbranched alkanes of at least 4 members (excludes halogenated alkanes) is 1. The Balaban J connectivity index is 2.02. The smallest absolute Gasteiger partial charge is 0.264 e. The minimum absolute atomic E-state index is 0.0615. The zero-order chi connectivity index (χ0) is 28.4. The van der Waals surface area contributed by atoms with Crippen molar-refractivity contribution in [1.29, 1.82) is 0 Å². The lowest BCUT2D eigenvalue weighted by Crippen LogP contribution is -2.52. The summed E-state index contributed by atoms with van der Waals surface area (Å²) in [6.07, 6.45) is 2.10. The van der Waals surface area contributed by atoms with E-state index in [4.69, 9.17) is 11.6 Å². The number of carbonyl (C=O) groups is 2. The SMILES string of the molecule is CCCCNC(=O)C(CC)N(Cc1ccc(Cl)cc1)C(=O)CN(c1cccc(Br)c1)S(=O)(=O)c1ccccc1. The Labute approximate surface area is 244 Å². The van der Waals surface area contributed by atoms with Crippen molar-refractivity contribution in [2.24, 2.45) is 0 Å². The Morgan fingerprint density at radius 3 is 2.28 bits per heavy atom. The van der Waals surface area contributed by atoms with Gasteiger partial charge in [0.25, 0.3) is 10.0 Å². The maximum Gasteiger partial charge on any atom is 0.264 e. The molecule has 1 atom stereocenters. The molecule has 0 heterocycles. The van der Waals surface area contributed by atoms with Gasteiger partial charge in [0.2, 0.25) is 11.8 Å². The third-order valence-corrected chi connectivity index (χ3v) is 8.72. The van der Waals surface area contributed by atoms with E-state index in [0.29, 0.717) is 28.1 Å². The number of benzene rings is 3. The predicted molar refractivity (Wildman–Crippen MR) is 159 cm³/mol. The van der Waals surface area contributed by atoms with E-state index in [2.05, 4.69) is 21.2 Å². The van der Waals surface area contributed by atoms with E-state index >= 15 is 0 Å². The zero-order valence-corrected chi connectivity index (χ0v) is 25.2. The first kappa shape index (κ1) is 30.7. The van der Waals surface area contributed by atoms with Gasteiger partial charge in [-0.2, -0.15) is 0 Å². The number of rotatable bonds is 13. The molecule has 2 amide bonds. The third kappa shape index (κ3) is 8.30. The molecule has 1 unspecified atom stereocenters. The summed E-state index contributed by atoms with van der Waals surface area (Å²) in [6.45, 7) is 4.00. The summed E-state index contributed by atoms with van der Waals surface area (Å²) in [5, 5.41) is 3.47. The van der Waals surface area contributed by atoms with Crippen molar-refractivity contribution in [3.63, 3.8) is 0 Å². The number of hydrogen-bond acceptors (Lipinski definition) is 4. The molecule has 3 rings (SSSR count). The minimum Gasteiger partial charge on any atom is -0.354 e. The van der Waals surface area contributed by atoms with Crippen LogP contribution in [0.25, 0.3) is 0 Å². The lowest BCUT2D eigenvalue weighted by molar-refractivity contribution is -0.140. The number of nitrogens with one attached hydrogen (secondary N) is 1. The fourth-order valence-corrected chi connectivity index (χ4v) is 6.03. The van der Waals surface area contributed by atoms with E-state index in [9.17, 15) is 18.0 Å². The molecular weight excluding hydrogens is 602 g/mol. The summed E-state index contributed by atoms with van der Waals surface area (Å²) in [7, 11) is -4.10. The van der Waals surface area contributed by atoms with E-state index in [1.54, 1.807) is 66.7 Å². The maximum atomic E-state index is 14.0. The van der Waals surface area contributed by atoms with Gasteiger partial charge in [0.15, 0.2) is 0 Å². The normalized spacial score (nSPS) is 12.0. The molecule has 39 heavy (non-hydrogen) atoms. The quantitative estimate of drug-likeness (QED) is 0.233. The molecule has 0 aliphatic carbocycles. The molecule has 1 N–H and O–H groups in total. The van der Waals surface area contributed by atoms with E-state index < -0.39 is 28.5 Å². The van der Waals surface area contributed by atoms with E-state index in [0.717, 1.165) is 22.7 Å². The van der Waals surface area contributed by atoms with Crippen molar-refractivity contribution in [3.05, 3.63) is 93.9 Å². The number of carbonyl (C=O) groups excluding carboxylic acids is 2. The second-order valence-electron chi connectivity index (χ2n) is 9.02. The number of anilines is 1. The number of sulfonamides is 1. The van der Waals surface area contributed by atoms with Crippen LogP contribution >= 0.6 is 27.5 Å². The lowest BCUT2D eigenvalue weighted by Gasteiger charge is -2.33. The first-order chi connectivity index (χ1) is 18.7. The molecule has 3 aromatic carbocycles. The average molecular weight is 635 g/mol. The van der Waals surface area contributed by atoms with Gasteiger partial charge in [-0.05, 0) is 60.9 Å². The molecule has 0 fully saturated rings. The highest BCUT2D eigenvalue weighted by Crippen LogP contribution is 2.27. The van der Waals surface area contributed by atoms with E-state index in [1.165, 1.54) is 17.0 Å². The third-order valence-electron chi connectivity index (χ3n) is 6.19. The molecule has 10 heteroatoms. The molecule has 0 saturated heterocycles. The number of hydrogen-bond donors (Lipinski definition) is 1. The van der Waals surface area contributed by atoms with Crippen LogP contribution in [-0.4, -0.2) is 44.3 Å². The molecule has 0 aromatic heterocycles. The number of amides is 2. The number of nitrogens with zero attached hydrogens (tertiary/aromatic N) is 2. The average Bonchev–Trinajstić information content (AvgIpc) is 2.93. The van der Waals surface area contributed by atoms with Crippen molar-refractivity contribution in [3.8, 4) is 0 Å². The summed E-state index contributed by atoms with van der Waals surface area (Å²) in [4.78, 5) is 28.7. The first-order valence-corrected chi connectivity index (χ1v) is 15.4. The topological polar surface area (TPSA) is 86.8 Å². The Morgan fingerprint density at radius 1 is 0.974 bits per heavy atom. The molecule has 0 bridgehead atoms. The van der Waals surface area contributed by atoms with Gasteiger partial charge in [0.1, 0.15) is 12.6 Å². The Morgan fingerprint density at radius 2 is 1.67 bits per heavy atom. The second-order valence-corrected chi connectivity index (χ2v) is 12.2. The van der Waals surface area contributed by atoms with E-state index in [-0.39, 0.29) is 17.3 Å². The van der Waals surface area contributed by atoms with Crippen molar-refractivity contribution in [2.75, 3.05) is 17.4 Å². The lowest BCUT2D eigenvalue weighted by atomic mass is 10.1. The van der Waals surface area contributed by atoms with Crippen LogP contribution in [0.4, 0.5) is 5.69 Å². The van der Waals surface area contributed by atoms with Gasteiger partial charge < -0.3 is 10.2 Å². The van der Waals surface area contributed by atoms with Crippen LogP contribution < -0.4 is 9.62 Å². The maximum absolute atomic E-state index is 14.0. The van der Waals surface area contributed by atoms with Gasteiger partial charge in [-0.15, -0.1) is 0 Å². The summed E-state index contributed by atoms with van der Waals surface area (Å²) in [5.74, 6) is -0.768. The van der Waals surface area contributed by atoms with Crippen LogP contribution in [0.1, 0.15) is 38.7 Å². The molecular formula is C29H33BrClN3O4S. The van der Waals surface area contributed by atoms with Gasteiger partial charge in [-0.25, -0.2) is 8.42 Å². The highest BCUT2D eigenvalue weighted by atomic mass is 79.9. The Hall–Kier alpha value is -2.88. The van der Waals surface area contributed by atoms with Crippen LogP contribution in [0.15, 0.2) is 88.2 Å². The van der Waals surface area contributed by atoms with Crippen molar-refractivity contribution >= 4 is 55.1 Å². The fraction of sp³-hybridized carbons (Fsp3) is 0.310. The van der Waals surface area contributed by atoms with E-state index in [1.807, 2.05) is 13.8 Å². The molecule has 0 aliphatic heterocycles. The zero-order valence-electron chi connectivity index (χ0n) is 22.0. The standard InChI is InChI=1S/C29H33BrClN3O4S/c1-3-5-18-32-29(36)27(4-2)33(20-22-14-16-24(31)17-15-22)28(35)21-34(25-11-9-10-23(30)19-25)39(37,38)26-12-7-6-8-13-26/h6-17,19,27H,3-5,18,20-21H2,1-2H3,(H,32,36). The fourth-order valence-electron chi connectivity index (χ4n) is 4.09. The monoisotopic (exact) mass is 633 g/mol. The molecule has 0 spiro atoms. The van der Waals surface area contributed by atoms with Crippen LogP contribution in [-0.2, 0) is 26.2 Å².